The van der Waals surface area contributed by atoms with Crippen LogP contribution in [0.4, 0.5) is 0 Å². The van der Waals surface area contributed by atoms with E-state index < -0.39 is 17.3 Å². The summed E-state index contributed by atoms with van der Waals surface area (Å²) in [7, 11) is 0. The fourth-order valence-corrected chi connectivity index (χ4v) is 7.21. The Labute approximate surface area is 291 Å². The van der Waals surface area contributed by atoms with E-state index in [4.69, 9.17) is 9.84 Å². The molecule has 3 N–H and O–H groups in total. The van der Waals surface area contributed by atoms with Gasteiger partial charge in [-0.25, -0.2) is 0 Å². The maximum absolute atomic E-state index is 13.2. The number of carboxylic acids is 1. The molecule has 0 bridgehead atoms. The number of nitrogens with one attached hydrogen (secondary N) is 2. The van der Waals surface area contributed by atoms with Gasteiger partial charge in [-0.15, -0.1) is 4.31 Å². The maximum Gasteiger partial charge on any atom is 0.322 e. The molecule has 0 aromatic heterocycles. The van der Waals surface area contributed by atoms with Crippen LogP contribution in [0, 0.1) is 0 Å². The van der Waals surface area contributed by atoms with Gasteiger partial charge in [0.2, 0.25) is 5.91 Å². The van der Waals surface area contributed by atoms with E-state index in [-0.39, 0.29) is 12.5 Å². The quantitative estimate of drug-likeness (QED) is 0.0877. The second-order valence-corrected chi connectivity index (χ2v) is 13.8. The van der Waals surface area contributed by atoms with Crippen LogP contribution >= 0.6 is 0 Å². The number of carbonyl (C=O) groups excluding carboxylic acids is 1. The molecule has 0 spiro atoms. The van der Waals surface area contributed by atoms with Gasteiger partial charge in [-0.3, -0.25) is 9.59 Å². The number of nitrogens with zero attached hydrogens (tertiary/aromatic N) is 2. The van der Waals surface area contributed by atoms with Crippen molar-refractivity contribution in [3.63, 3.8) is 0 Å². The fraction of sp³-hybridized carbons (Fsp3) is 0.526. The number of allylic oxidation sites excluding steroid dienone is 1. The van der Waals surface area contributed by atoms with E-state index in [0.29, 0.717) is 31.2 Å². The smallest absolute Gasteiger partial charge is 0.322 e. The van der Waals surface area contributed by atoms with Gasteiger partial charge in [-0.2, -0.15) is 0 Å². The van der Waals surface area contributed by atoms with Gasteiger partial charge >= 0.3 is 5.97 Å². The Hall–Kier alpha value is -3.47. The Bertz CT molecular complexity index is 1270. The summed E-state index contributed by atoms with van der Waals surface area (Å²) in [5.74, 6) is 0.322. The summed E-state index contributed by atoms with van der Waals surface area (Å²) in [6.45, 7) is 16.7. The van der Waals surface area contributed by atoms with Gasteiger partial charge in [0.25, 0.3) is 0 Å². The van der Waals surface area contributed by atoms with Crippen molar-refractivity contribution in [3.05, 3.63) is 78.5 Å². The van der Waals surface area contributed by atoms with Crippen LogP contribution in [0.1, 0.15) is 95.1 Å². The molecule has 48 heavy (non-hydrogen) atoms. The second kappa shape index (κ2) is 21.5. The number of carboxylic acid groups (broad SMARTS) is 1. The van der Waals surface area contributed by atoms with Gasteiger partial charge in [0, 0.05) is 44.0 Å². The van der Waals surface area contributed by atoms with Crippen LogP contribution in [-0.2, 0) is 21.0 Å². The SMILES string of the molecule is C=C(NCC(=O)O)c1ccc([S+]([O-])N2CCC(c3ccc(OCCNC(=O)CCCCCCCCC(=C)N(CC)CC)cc3)CC2)cc1. The number of piperidine rings is 1. The molecule has 0 aliphatic carbocycles. The van der Waals surface area contributed by atoms with Crippen LogP contribution in [0.15, 0.2) is 72.3 Å². The van der Waals surface area contributed by atoms with Crippen molar-refractivity contribution in [1.29, 1.82) is 0 Å². The van der Waals surface area contributed by atoms with Gasteiger partial charge in [-0.1, -0.05) is 51.0 Å². The van der Waals surface area contributed by atoms with E-state index in [1.807, 2.05) is 40.7 Å². The molecule has 1 unspecified atom stereocenters. The first kappa shape index (κ1) is 39.0. The van der Waals surface area contributed by atoms with E-state index in [1.54, 1.807) is 0 Å². The molecule has 2 aromatic carbocycles. The standard InChI is InChI=1S/C38H56N4O5S/c1-5-41(6-2)30(3)13-11-9-7-8-10-12-14-37(43)39-25-28-47-35-19-15-33(16-20-35)34-23-26-42(27-24-34)48(46)36-21-17-32(18-22-36)31(4)40-29-38(44)45/h15-22,34,40H,3-14,23-29H2,1-2H3,(H,39,43)(H,44,45). The molecule has 3 rings (SSSR count). The normalized spacial score (nSPS) is 14.2. The summed E-state index contributed by atoms with van der Waals surface area (Å²) in [6, 6.07) is 15.4. The molecule has 1 atom stereocenters. The summed E-state index contributed by atoms with van der Waals surface area (Å²) in [5, 5.41) is 14.6. The third-order valence-electron chi connectivity index (χ3n) is 8.92. The zero-order valence-corrected chi connectivity index (χ0v) is 29.8. The number of carbonyl (C=O) groups is 2. The first-order valence-corrected chi connectivity index (χ1v) is 18.7. The molecule has 0 saturated carbocycles. The number of hydrogen-bond donors (Lipinski definition) is 3. The molecule has 264 valence electrons. The van der Waals surface area contributed by atoms with Crippen molar-refractivity contribution in [1.82, 2.24) is 19.8 Å². The molecule has 1 fully saturated rings. The lowest BCUT2D eigenvalue weighted by Gasteiger charge is -2.32. The minimum atomic E-state index is -1.26. The van der Waals surface area contributed by atoms with Crippen LogP contribution in [0.2, 0.25) is 0 Å². The van der Waals surface area contributed by atoms with E-state index >= 15 is 0 Å². The highest BCUT2D eigenvalue weighted by molar-refractivity contribution is 7.89. The molecule has 10 heteroatoms. The topological polar surface area (TPSA) is 117 Å². The van der Waals surface area contributed by atoms with Crippen LogP contribution in [0.25, 0.3) is 5.70 Å². The van der Waals surface area contributed by atoms with Crippen molar-refractivity contribution in [3.8, 4) is 5.75 Å². The van der Waals surface area contributed by atoms with Crippen LogP contribution in [0.3, 0.4) is 0 Å². The number of unbranched alkanes of at least 4 members (excludes halogenated alkanes) is 5. The zero-order chi connectivity index (χ0) is 34.7. The Balaban J connectivity index is 1.25. The third-order valence-corrected chi connectivity index (χ3v) is 10.4. The molecule has 2 aromatic rings. The zero-order valence-electron chi connectivity index (χ0n) is 29.0. The van der Waals surface area contributed by atoms with Crippen LogP contribution in [-0.4, -0.2) is 76.6 Å². The largest absolute Gasteiger partial charge is 0.593 e. The first-order chi connectivity index (χ1) is 23.2. The van der Waals surface area contributed by atoms with Crippen LogP contribution in [0.5, 0.6) is 5.75 Å². The molecular formula is C38H56N4O5S. The number of hydrogen-bond acceptors (Lipinski definition) is 7. The summed E-state index contributed by atoms with van der Waals surface area (Å²) in [6.07, 6.45) is 10.3. The molecule has 0 radical (unpaired) electrons. The van der Waals surface area contributed by atoms with E-state index in [0.717, 1.165) is 74.5 Å². The minimum absolute atomic E-state index is 0.0879. The lowest BCUT2D eigenvalue weighted by Crippen LogP contribution is -2.37. The van der Waals surface area contributed by atoms with E-state index in [1.165, 1.54) is 36.9 Å². The van der Waals surface area contributed by atoms with E-state index in [2.05, 4.69) is 54.7 Å². The molecule has 1 aliphatic rings. The highest BCUT2D eigenvalue weighted by atomic mass is 32.2. The Morgan fingerprint density at radius 3 is 2.12 bits per heavy atom. The Kier molecular flexibility index (Phi) is 17.4. The lowest BCUT2D eigenvalue weighted by atomic mass is 9.90. The van der Waals surface area contributed by atoms with Gasteiger partial charge < -0.3 is 29.9 Å². The van der Waals surface area contributed by atoms with Gasteiger partial charge in [0.1, 0.15) is 18.9 Å². The average molecular weight is 681 g/mol. The molecule has 9 nitrogen and oxygen atoms in total. The van der Waals surface area contributed by atoms with Crippen molar-refractivity contribution < 1.29 is 24.0 Å². The summed E-state index contributed by atoms with van der Waals surface area (Å²) < 4.78 is 21.0. The van der Waals surface area contributed by atoms with Crippen molar-refractivity contribution in [2.45, 2.75) is 88.9 Å². The average Bonchev–Trinajstić information content (AvgIpc) is 3.10. The Morgan fingerprint density at radius 1 is 0.917 bits per heavy atom. The van der Waals surface area contributed by atoms with E-state index in [9.17, 15) is 14.1 Å². The minimum Gasteiger partial charge on any atom is -0.593 e. The number of ether oxygens (including phenoxy) is 1. The third kappa shape index (κ3) is 13.6. The molecule has 1 amide bonds. The second-order valence-electron chi connectivity index (χ2n) is 12.3. The van der Waals surface area contributed by atoms with Crippen molar-refractivity contribution in [2.24, 2.45) is 0 Å². The number of rotatable bonds is 23. The fourth-order valence-electron chi connectivity index (χ4n) is 6.00. The highest BCUT2D eigenvalue weighted by Gasteiger charge is 2.29. The molecule has 1 heterocycles. The highest BCUT2D eigenvalue weighted by Crippen LogP contribution is 2.32. The van der Waals surface area contributed by atoms with Crippen molar-refractivity contribution >= 4 is 28.9 Å². The molecule has 1 aliphatic heterocycles. The predicted molar refractivity (Wildman–Crippen MR) is 195 cm³/mol. The first-order valence-electron chi connectivity index (χ1n) is 17.6. The lowest BCUT2D eigenvalue weighted by molar-refractivity contribution is -0.135. The molecular weight excluding hydrogens is 625 g/mol. The van der Waals surface area contributed by atoms with Gasteiger partial charge in [0.05, 0.1) is 17.9 Å². The summed E-state index contributed by atoms with van der Waals surface area (Å²) >= 11 is -1.26. The van der Waals surface area contributed by atoms with Gasteiger partial charge in [-0.05, 0) is 99.4 Å². The Morgan fingerprint density at radius 2 is 1.52 bits per heavy atom. The van der Waals surface area contributed by atoms with Crippen LogP contribution < -0.4 is 15.4 Å². The van der Waals surface area contributed by atoms with Crippen molar-refractivity contribution in [2.75, 3.05) is 45.9 Å². The summed E-state index contributed by atoms with van der Waals surface area (Å²) in [5.41, 5.74) is 3.79. The number of benzene rings is 2. The van der Waals surface area contributed by atoms with Gasteiger partial charge in [0.15, 0.2) is 4.90 Å². The number of aliphatic carboxylic acids is 1. The monoisotopic (exact) mass is 680 g/mol. The predicted octanol–water partition coefficient (Wildman–Crippen LogP) is 6.71. The maximum atomic E-state index is 13.2. The number of amides is 1. The summed E-state index contributed by atoms with van der Waals surface area (Å²) in [4.78, 5) is 26.0. The molecule has 1 saturated heterocycles.